The van der Waals surface area contributed by atoms with Crippen molar-refractivity contribution in [2.45, 2.75) is 29.9 Å². The van der Waals surface area contributed by atoms with Crippen molar-refractivity contribution in [2.75, 3.05) is 12.4 Å². The molecule has 0 bridgehead atoms. The first-order valence-electron chi connectivity index (χ1n) is 5.93. The highest BCUT2D eigenvalue weighted by atomic mass is 32.2. The Bertz CT molecular complexity index is 406. The Morgan fingerprint density at radius 2 is 2.24 bits per heavy atom. The minimum atomic E-state index is 0.265. The number of rotatable bonds is 4. The van der Waals surface area contributed by atoms with Crippen molar-refractivity contribution < 1.29 is 5.11 Å². The van der Waals surface area contributed by atoms with Gasteiger partial charge < -0.3 is 5.11 Å². The summed E-state index contributed by atoms with van der Waals surface area (Å²) in [4.78, 5) is 6.03. The Hall–Kier alpha value is -0.450. The van der Waals surface area contributed by atoms with Crippen LogP contribution in [-0.4, -0.2) is 27.8 Å². The maximum absolute atomic E-state index is 8.82. The summed E-state index contributed by atoms with van der Waals surface area (Å²) in [6.45, 7) is 2.47. The van der Waals surface area contributed by atoms with Crippen LogP contribution in [0.5, 0.6) is 0 Å². The van der Waals surface area contributed by atoms with E-state index in [4.69, 9.17) is 10.1 Å². The third kappa shape index (κ3) is 3.27. The van der Waals surface area contributed by atoms with Crippen molar-refractivity contribution in [3.8, 4) is 0 Å². The fraction of sp³-hybridized carbons (Fsp3) is 0.462. The topological polar surface area (TPSA) is 32.6 Å². The van der Waals surface area contributed by atoms with Crippen LogP contribution in [0.1, 0.15) is 19.8 Å². The quantitative estimate of drug-likeness (QED) is 0.844. The smallest absolute Gasteiger partial charge is 0.0872 e. The average Bonchev–Trinajstić information content (AvgIpc) is 2.38. The number of aliphatic imine (C=N–C) groups is 1. The fourth-order valence-electron chi connectivity index (χ4n) is 1.67. The van der Waals surface area contributed by atoms with Gasteiger partial charge in [0.15, 0.2) is 0 Å². The monoisotopic (exact) mass is 267 g/mol. The molecule has 0 amide bonds. The molecule has 1 heterocycles. The molecule has 0 saturated heterocycles. The number of aliphatic hydroxyl groups is 1. The van der Waals surface area contributed by atoms with Gasteiger partial charge in [-0.3, -0.25) is 0 Å². The van der Waals surface area contributed by atoms with Gasteiger partial charge in [0.05, 0.1) is 16.0 Å². The Labute approximate surface area is 111 Å². The number of hydrogen-bond acceptors (Lipinski definition) is 4. The van der Waals surface area contributed by atoms with E-state index in [0.717, 1.165) is 24.3 Å². The van der Waals surface area contributed by atoms with E-state index < -0.39 is 0 Å². The molecule has 0 aliphatic carbocycles. The zero-order valence-corrected chi connectivity index (χ0v) is 11.6. The Morgan fingerprint density at radius 1 is 1.41 bits per heavy atom. The highest BCUT2D eigenvalue weighted by Crippen LogP contribution is 2.41. The summed E-state index contributed by atoms with van der Waals surface area (Å²) in [6, 6.07) is 8.31. The summed E-state index contributed by atoms with van der Waals surface area (Å²) < 4.78 is 0. The minimum absolute atomic E-state index is 0.265. The number of hydrogen-bond donors (Lipinski definition) is 1. The molecule has 1 aliphatic heterocycles. The zero-order chi connectivity index (χ0) is 12.1. The van der Waals surface area contributed by atoms with Crippen LogP contribution >= 0.6 is 23.5 Å². The zero-order valence-electron chi connectivity index (χ0n) is 9.93. The average molecular weight is 267 g/mol. The van der Waals surface area contributed by atoms with Crippen molar-refractivity contribution in [3.05, 3.63) is 24.3 Å². The molecule has 17 heavy (non-hydrogen) atoms. The summed E-state index contributed by atoms with van der Waals surface area (Å²) in [5.41, 5.74) is 1.09. The van der Waals surface area contributed by atoms with Gasteiger partial charge in [-0.05, 0) is 25.0 Å². The van der Waals surface area contributed by atoms with Gasteiger partial charge >= 0.3 is 0 Å². The van der Waals surface area contributed by atoms with Gasteiger partial charge in [0.2, 0.25) is 0 Å². The molecular weight excluding hydrogens is 250 g/mol. The highest BCUT2D eigenvalue weighted by Gasteiger charge is 2.22. The molecular formula is C13H17NOS2. The molecule has 4 heteroatoms. The van der Waals surface area contributed by atoms with Gasteiger partial charge in [-0.2, -0.15) is 0 Å². The normalized spacial score (nSPS) is 18.7. The van der Waals surface area contributed by atoms with Crippen molar-refractivity contribution in [2.24, 2.45) is 4.99 Å². The summed E-state index contributed by atoms with van der Waals surface area (Å²) in [5.74, 6) is 0.953. The van der Waals surface area contributed by atoms with Gasteiger partial charge in [-0.1, -0.05) is 19.1 Å². The Kier molecular flexibility index (Phi) is 4.95. The molecule has 0 aromatic heterocycles. The molecule has 1 atom stereocenters. The number of para-hydroxylation sites is 1. The van der Waals surface area contributed by atoms with E-state index in [1.54, 1.807) is 11.8 Å². The molecule has 92 valence electrons. The maximum Gasteiger partial charge on any atom is 0.0872 e. The standard InChI is InChI=1S/C13H17NOS2/c1-2-11-13(16-9-5-8-15)14-10-6-3-4-7-12(10)17-11/h3-4,6-7,11,15H,2,5,8-9H2,1H3. The SMILES string of the molecule is CCC1Sc2ccccc2N=C1SCCCO. The van der Waals surface area contributed by atoms with E-state index in [1.165, 1.54) is 9.94 Å². The second kappa shape index (κ2) is 6.47. The summed E-state index contributed by atoms with van der Waals surface area (Å²) in [6.07, 6.45) is 1.94. The maximum atomic E-state index is 8.82. The van der Waals surface area contributed by atoms with Crippen molar-refractivity contribution in [1.29, 1.82) is 0 Å². The number of aliphatic hydroxyl groups excluding tert-OH is 1. The summed E-state index contributed by atoms with van der Waals surface area (Å²) in [5, 5.41) is 10.5. The molecule has 1 unspecified atom stereocenters. The molecule has 2 rings (SSSR count). The highest BCUT2D eigenvalue weighted by molar-refractivity contribution is 8.16. The van der Waals surface area contributed by atoms with Crippen LogP contribution in [-0.2, 0) is 0 Å². The number of thioether (sulfide) groups is 2. The van der Waals surface area contributed by atoms with E-state index >= 15 is 0 Å². The van der Waals surface area contributed by atoms with E-state index in [-0.39, 0.29) is 6.61 Å². The molecule has 0 radical (unpaired) electrons. The van der Waals surface area contributed by atoms with Crippen LogP contribution in [0.3, 0.4) is 0 Å². The molecule has 0 spiro atoms. The van der Waals surface area contributed by atoms with Crippen LogP contribution in [0.25, 0.3) is 0 Å². The number of nitrogens with zero attached hydrogens (tertiary/aromatic N) is 1. The second-order valence-electron chi connectivity index (χ2n) is 3.86. The first-order valence-corrected chi connectivity index (χ1v) is 7.79. The summed E-state index contributed by atoms with van der Waals surface area (Å²) >= 11 is 3.70. The molecule has 2 nitrogen and oxygen atoms in total. The lowest BCUT2D eigenvalue weighted by atomic mass is 10.3. The molecule has 0 fully saturated rings. The number of fused-ring (bicyclic) bond motifs is 1. The van der Waals surface area contributed by atoms with Gasteiger partial charge in [-0.25, -0.2) is 4.99 Å². The fourth-order valence-corrected chi connectivity index (χ4v) is 4.03. The van der Waals surface area contributed by atoms with E-state index in [2.05, 4.69) is 25.1 Å². The Morgan fingerprint density at radius 3 is 3.00 bits per heavy atom. The lowest BCUT2D eigenvalue weighted by Gasteiger charge is -2.22. The van der Waals surface area contributed by atoms with Crippen molar-refractivity contribution >= 4 is 34.3 Å². The molecule has 1 N–H and O–H groups in total. The van der Waals surface area contributed by atoms with Gasteiger partial charge in [0.1, 0.15) is 0 Å². The molecule has 1 aromatic carbocycles. The van der Waals surface area contributed by atoms with E-state index in [0.29, 0.717) is 5.25 Å². The van der Waals surface area contributed by atoms with Gasteiger partial charge in [-0.15, -0.1) is 23.5 Å². The number of benzene rings is 1. The van der Waals surface area contributed by atoms with Crippen LogP contribution in [0, 0.1) is 0 Å². The first-order chi connectivity index (χ1) is 8.35. The van der Waals surface area contributed by atoms with Crippen LogP contribution in [0.15, 0.2) is 34.2 Å². The third-order valence-electron chi connectivity index (χ3n) is 2.56. The van der Waals surface area contributed by atoms with Gasteiger partial charge in [0, 0.05) is 17.3 Å². The summed E-state index contributed by atoms with van der Waals surface area (Å²) in [7, 11) is 0. The third-order valence-corrected chi connectivity index (χ3v) is 5.32. The van der Waals surface area contributed by atoms with E-state index in [1.807, 2.05) is 17.8 Å². The lowest BCUT2D eigenvalue weighted by Crippen LogP contribution is -2.16. The van der Waals surface area contributed by atoms with E-state index in [9.17, 15) is 0 Å². The molecule has 0 saturated carbocycles. The van der Waals surface area contributed by atoms with Crippen LogP contribution in [0.4, 0.5) is 5.69 Å². The molecule has 1 aromatic rings. The lowest BCUT2D eigenvalue weighted by molar-refractivity contribution is 0.296. The van der Waals surface area contributed by atoms with Crippen LogP contribution in [0.2, 0.25) is 0 Å². The second-order valence-corrected chi connectivity index (χ2v) is 6.22. The minimum Gasteiger partial charge on any atom is -0.396 e. The van der Waals surface area contributed by atoms with Crippen molar-refractivity contribution in [1.82, 2.24) is 0 Å². The molecule has 1 aliphatic rings. The predicted molar refractivity (Wildman–Crippen MR) is 77.6 cm³/mol. The largest absolute Gasteiger partial charge is 0.396 e. The first kappa shape index (κ1) is 13.0. The van der Waals surface area contributed by atoms with Crippen molar-refractivity contribution in [3.63, 3.8) is 0 Å². The predicted octanol–water partition coefficient (Wildman–Crippen LogP) is 3.72. The Balaban J connectivity index is 2.14. The van der Waals surface area contributed by atoms with Gasteiger partial charge in [0.25, 0.3) is 0 Å². The van der Waals surface area contributed by atoms with Crippen LogP contribution < -0.4 is 0 Å².